The maximum atomic E-state index is 14.3. The van der Waals surface area contributed by atoms with E-state index in [-0.39, 0.29) is 43.4 Å². The molecule has 0 aliphatic carbocycles. The van der Waals surface area contributed by atoms with Gasteiger partial charge in [-0.1, -0.05) is 81.4 Å². The third-order valence-corrected chi connectivity index (χ3v) is 13.5. The monoisotopic (exact) mass is 922 g/mol. The second-order valence-electron chi connectivity index (χ2n) is 16.8. The highest BCUT2D eigenvalue weighted by molar-refractivity contribution is 7.89. The first-order chi connectivity index (χ1) is 30.4. The Morgan fingerprint density at radius 1 is 0.891 bits per heavy atom. The second-order valence-corrected chi connectivity index (χ2v) is 20.4. The van der Waals surface area contributed by atoms with Gasteiger partial charge in [-0.15, -0.1) is 22.7 Å². The highest BCUT2D eigenvalue weighted by Gasteiger charge is 2.43. The summed E-state index contributed by atoms with van der Waals surface area (Å²) in [6, 6.07) is 23.7. The molecule has 3 aromatic carbocycles. The first kappa shape index (κ1) is 46.0. The average molecular weight is 923 g/mol. The van der Waals surface area contributed by atoms with Crippen LogP contribution in [-0.4, -0.2) is 93.5 Å². The molecule has 0 saturated carbocycles. The van der Waals surface area contributed by atoms with E-state index >= 15 is 0 Å². The Kier molecular flexibility index (Phi) is 13.9. The van der Waals surface area contributed by atoms with Gasteiger partial charge in [0.1, 0.15) is 6.04 Å². The number of aryl methyl sites for hydroxylation is 1. The minimum atomic E-state index is -3.54. The van der Waals surface area contributed by atoms with E-state index in [4.69, 9.17) is 0 Å². The number of likely N-dealkylation sites (tertiary alicyclic amines) is 1. The van der Waals surface area contributed by atoms with Crippen LogP contribution in [0.2, 0.25) is 0 Å². The van der Waals surface area contributed by atoms with Gasteiger partial charge in [-0.25, -0.2) is 18.4 Å². The molecule has 15 nitrogen and oxygen atoms in total. The smallest absolute Gasteiger partial charge is 0.253 e. The zero-order chi connectivity index (χ0) is 45.8. The van der Waals surface area contributed by atoms with Gasteiger partial charge in [0, 0.05) is 49.4 Å². The molecule has 4 heterocycles. The number of hydrogen-bond donors (Lipinski definition) is 5. The molecule has 0 unspecified atom stereocenters. The molecule has 1 saturated heterocycles. The molecular formula is C46H50N8O7S3. The Hall–Kier alpha value is -6.05. The number of carbonyl (C=O) groups excluding carboxylic acids is 4. The van der Waals surface area contributed by atoms with E-state index in [1.165, 1.54) is 34.7 Å². The lowest BCUT2D eigenvalue weighted by Gasteiger charge is -2.35. The first-order valence-corrected chi connectivity index (χ1v) is 24.1. The van der Waals surface area contributed by atoms with Crippen molar-refractivity contribution in [1.82, 2.24) is 34.8 Å². The molecule has 0 radical (unpaired) electrons. The molecule has 3 atom stereocenters. The predicted molar refractivity (Wildman–Crippen MR) is 249 cm³/mol. The molecule has 0 spiro atoms. The van der Waals surface area contributed by atoms with Crippen LogP contribution in [0.3, 0.4) is 0 Å². The minimum absolute atomic E-state index is 0.0665. The fourth-order valence-corrected chi connectivity index (χ4v) is 9.58. The topological polar surface area (TPSA) is 205 Å². The molecule has 334 valence electrons. The number of thiazole rings is 2. The third-order valence-electron chi connectivity index (χ3n) is 10.8. The molecule has 18 heteroatoms. The van der Waals surface area contributed by atoms with Crippen molar-refractivity contribution in [3.63, 3.8) is 0 Å². The van der Waals surface area contributed by atoms with Gasteiger partial charge in [0.15, 0.2) is 5.13 Å². The number of anilines is 1. The number of β-amino-alcohol motifs (C(OH)–C–C–N with tert-alkyl or cyclic N) is 1. The van der Waals surface area contributed by atoms with Crippen molar-refractivity contribution in [1.29, 1.82) is 0 Å². The number of benzene rings is 3. The van der Waals surface area contributed by atoms with Crippen molar-refractivity contribution in [2.75, 3.05) is 24.7 Å². The zero-order valence-electron chi connectivity index (χ0n) is 36.0. The van der Waals surface area contributed by atoms with Gasteiger partial charge >= 0.3 is 0 Å². The maximum Gasteiger partial charge on any atom is 0.253 e. The summed E-state index contributed by atoms with van der Waals surface area (Å²) in [6.07, 6.45) is 2.79. The number of aliphatic hydroxyl groups excluding tert-OH is 1. The lowest BCUT2D eigenvalue weighted by Crippen LogP contribution is -2.56. The fraction of sp³-hybridized carbons (Fsp3) is 0.304. The van der Waals surface area contributed by atoms with Crippen LogP contribution in [0.25, 0.3) is 32.8 Å². The third kappa shape index (κ3) is 11.2. The number of nitrogens with one attached hydrogen (secondary N) is 4. The summed E-state index contributed by atoms with van der Waals surface area (Å²) in [7, 11) is -3.54. The van der Waals surface area contributed by atoms with Crippen LogP contribution in [0.4, 0.5) is 5.13 Å². The Morgan fingerprint density at radius 3 is 2.30 bits per heavy atom. The highest BCUT2D eigenvalue weighted by Crippen LogP contribution is 2.31. The molecule has 1 aliphatic rings. The summed E-state index contributed by atoms with van der Waals surface area (Å²) >= 11 is 2.82. The summed E-state index contributed by atoms with van der Waals surface area (Å²) in [5.74, 6) is -1.64. The van der Waals surface area contributed by atoms with Crippen molar-refractivity contribution < 1.29 is 32.7 Å². The largest absolute Gasteiger partial charge is 0.391 e. The van der Waals surface area contributed by atoms with Gasteiger partial charge in [-0.05, 0) is 58.4 Å². The zero-order valence-corrected chi connectivity index (χ0v) is 38.4. The van der Waals surface area contributed by atoms with Crippen molar-refractivity contribution in [2.45, 2.75) is 65.4 Å². The van der Waals surface area contributed by atoms with Crippen LogP contribution in [0.1, 0.15) is 54.4 Å². The Bertz CT molecular complexity index is 2770. The van der Waals surface area contributed by atoms with Gasteiger partial charge in [0.2, 0.25) is 27.7 Å². The van der Waals surface area contributed by atoms with Gasteiger partial charge in [0.05, 0.1) is 52.3 Å². The number of hydrogen-bond acceptors (Lipinski definition) is 12. The molecule has 64 heavy (non-hydrogen) atoms. The Morgan fingerprint density at radius 2 is 1.61 bits per heavy atom. The summed E-state index contributed by atoms with van der Waals surface area (Å²) in [5, 5.41) is 24.5. The van der Waals surface area contributed by atoms with Crippen LogP contribution >= 0.6 is 22.7 Å². The van der Waals surface area contributed by atoms with Gasteiger partial charge in [0.25, 0.3) is 5.91 Å². The quantitative estimate of drug-likeness (QED) is 0.0854. The number of aliphatic hydroxyl groups is 1. The molecule has 1 fully saturated rings. The fourth-order valence-electron chi connectivity index (χ4n) is 7.44. The highest BCUT2D eigenvalue weighted by atomic mass is 32.2. The van der Waals surface area contributed by atoms with E-state index < -0.39 is 45.4 Å². The predicted octanol–water partition coefficient (Wildman–Crippen LogP) is 5.67. The summed E-state index contributed by atoms with van der Waals surface area (Å²) in [6.45, 7) is 8.28. The van der Waals surface area contributed by atoms with E-state index in [0.717, 1.165) is 54.2 Å². The molecule has 0 bridgehead atoms. The van der Waals surface area contributed by atoms with Crippen LogP contribution < -0.4 is 21.3 Å². The van der Waals surface area contributed by atoms with Crippen LogP contribution in [0.15, 0.2) is 102 Å². The summed E-state index contributed by atoms with van der Waals surface area (Å²) in [4.78, 5) is 64.5. The summed E-state index contributed by atoms with van der Waals surface area (Å²) in [5.41, 5.74) is 8.64. The minimum Gasteiger partial charge on any atom is -0.391 e. The van der Waals surface area contributed by atoms with E-state index in [1.54, 1.807) is 11.3 Å². The molecule has 5 N–H and O–H groups in total. The van der Waals surface area contributed by atoms with E-state index in [0.29, 0.717) is 17.4 Å². The van der Waals surface area contributed by atoms with Gasteiger partial charge in [-0.3, -0.25) is 23.2 Å². The normalized spacial score (nSPS) is 15.8. The maximum absolute atomic E-state index is 14.3. The van der Waals surface area contributed by atoms with Crippen LogP contribution in [-0.2, 0) is 37.5 Å². The molecule has 7 rings (SSSR count). The van der Waals surface area contributed by atoms with Crippen LogP contribution in [0, 0.1) is 12.3 Å². The number of rotatable bonds is 15. The van der Waals surface area contributed by atoms with Crippen molar-refractivity contribution in [3.05, 3.63) is 125 Å². The van der Waals surface area contributed by atoms with Crippen molar-refractivity contribution in [3.8, 4) is 32.8 Å². The number of aromatic nitrogens is 3. The number of amides is 4. The van der Waals surface area contributed by atoms with Gasteiger partial charge in [-0.2, -0.15) is 0 Å². The first-order valence-electron chi connectivity index (χ1n) is 20.5. The Labute approximate surface area is 380 Å². The SMILES string of the molecule is Cc1ncsc1-c1ccc(CNC(=O)[C@@H]2C[C@@H](O)CN2C(=O)[C@@H](NCc2cccc(-c3cccc(-c4csc(NC(=O)CNC(=O)c5ccn(S(C)(=O)=O)c5)n4)c3)c2)C(C)(C)C)cc1. The second kappa shape index (κ2) is 19.4. The van der Waals surface area contributed by atoms with Crippen LogP contribution in [0.5, 0.6) is 0 Å². The molecule has 4 amide bonds. The van der Waals surface area contributed by atoms with E-state index in [9.17, 15) is 32.7 Å². The Balaban J connectivity index is 0.951. The van der Waals surface area contributed by atoms with Crippen molar-refractivity contribution >= 4 is 61.5 Å². The summed E-state index contributed by atoms with van der Waals surface area (Å²) < 4.78 is 24.3. The molecule has 3 aromatic heterocycles. The molecule has 6 aromatic rings. The standard InChI is InChI=1S/C46H50N8O7S3/c1-28-40(63-27-50-28)31-14-12-29(13-15-31)21-48-43(58)38-20-36(55)25-54(38)44(59)41(46(2,3)4)47-22-30-8-6-9-32(18-30)33-10-7-11-34(19-33)37-26-62-45(51-37)52-39(56)23-49-42(57)35-16-17-53(24-35)64(5,60)61/h6-19,24,26-27,36,38,41,47,55H,20-23,25H2,1-5H3,(H,48,58)(H,49,57)(H,51,52,56)/t36-,38+,41-/m1/s1. The molecular weight excluding hydrogens is 873 g/mol. The lowest BCUT2D eigenvalue weighted by atomic mass is 9.85. The number of nitrogens with zero attached hydrogens (tertiary/aromatic N) is 4. The van der Waals surface area contributed by atoms with Crippen molar-refractivity contribution in [2.24, 2.45) is 5.41 Å². The molecule has 1 aliphatic heterocycles. The van der Waals surface area contributed by atoms with E-state index in [2.05, 4.69) is 31.2 Å². The van der Waals surface area contributed by atoms with E-state index in [1.807, 2.05) is 111 Å². The lowest BCUT2D eigenvalue weighted by molar-refractivity contribution is -0.142. The average Bonchev–Trinajstić information content (AvgIpc) is 4.10. The van der Waals surface area contributed by atoms with Gasteiger partial charge < -0.3 is 31.3 Å². The number of carbonyl (C=O) groups is 4.